The van der Waals surface area contributed by atoms with Crippen LogP contribution in [0.4, 0.5) is 5.69 Å². The maximum atomic E-state index is 13.9. The minimum absolute atomic E-state index is 0.00488. The highest BCUT2D eigenvalue weighted by molar-refractivity contribution is 6.15. The van der Waals surface area contributed by atoms with Gasteiger partial charge in [0.2, 0.25) is 11.3 Å². The van der Waals surface area contributed by atoms with Crippen LogP contribution in [-0.4, -0.2) is 31.9 Å². The standard InChI is InChI=1S/C23H20N4O6/c1-11(2)13-7-8-14-18(10-13)33-23(30)15-5-4-6-17(27(31)32)19(15)20(28)22(14,23)24-21(29)16-9-12(3)25-26-16/h4-11,30H,1-3H3,(H,24,29)(H,25,26). The number of hydrogen-bond acceptors (Lipinski definition) is 7. The van der Waals surface area contributed by atoms with Gasteiger partial charge in [-0.2, -0.15) is 5.10 Å². The number of nitro groups is 1. The third kappa shape index (κ3) is 2.61. The number of nitro benzene ring substituents is 1. The summed E-state index contributed by atoms with van der Waals surface area (Å²) in [5, 5.41) is 32.7. The molecule has 168 valence electrons. The number of hydrogen-bond donors (Lipinski definition) is 3. The Morgan fingerprint density at radius 1 is 1.24 bits per heavy atom. The van der Waals surface area contributed by atoms with Crippen molar-refractivity contribution >= 4 is 17.4 Å². The lowest BCUT2D eigenvalue weighted by atomic mass is 9.82. The molecule has 0 radical (unpaired) electrons. The molecule has 1 aliphatic carbocycles. The molecule has 5 rings (SSSR count). The number of nitrogens with one attached hydrogen (secondary N) is 2. The Kier molecular flexibility index (Phi) is 4.24. The third-order valence-electron chi connectivity index (χ3n) is 6.25. The highest BCUT2D eigenvalue weighted by Crippen LogP contribution is 2.59. The number of carbonyl (C=O) groups is 2. The van der Waals surface area contributed by atoms with Gasteiger partial charge in [-0.1, -0.05) is 38.1 Å². The number of rotatable bonds is 4. The maximum absolute atomic E-state index is 13.9. The van der Waals surface area contributed by atoms with Crippen LogP contribution >= 0.6 is 0 Å². The number of nitrogens with zero attached hydrogens (tertiary/aromatic N) is 2. The van der Waals surface area contributed by atoms with E-state index in [1.54, 1.807) is 25.1 Å². The number of aliphatic hydroxyl groups is 1. The Balaban J connectivity index is 1.76. The summed E-state index contributed by atoms with van der Waals surface area (Å²) in [6, 6.07) is 10.5. The molecular weight excluding hydrogens is 428 g/mol. The largest absolute Gasteiger partial charge is 0.454 e. The van der Waals surface area contributed by atoms with Crippen LogP contribution in [0, 0.1) is 17.0 Å². The number of ketones is 1. The van der Waals surface area contributed by atoms with Crippen LogP contribution in [0.1, 0.15) is 63.0 Å². The topological polar surface area (TPSA) is 147 Å². The summed E-state index contributed by atoms with van der Waals surface area (Å²) in [6.07, 6.45) is 0. The molecule has 0 saturated carbocycles. The zero-order valence-electron chi connectivity index (χ0n) is 18.0. The number of fused-ring (bicyclic) bond motifs is 5. The van der Waals surface area contributed by atoms with E-state index in [-0.39, 0.29) is 34.1 Å². The van der Waals surface area contributed by atoms with Gasteiger partial charge in [-0.15, -0.1) is 0 Å². The Hall–Kier alpha value is -4.05. The first-order valence-electron chi connectivity index (χ1n) is 10.3. The number of Topliss-reactive ketones (excluding diaryl/α,β-unsaturated/α-hetero) is 1. The predicted octanol–water partition coefficient (Wildman–Crippen LogP) is 2.81. The number of H-pyrrole nitrogens is 1. The minimum atomic E-state index is -2.38. The number of aromatic nitrogens is 2. The highest BCUT2D eigenvalue weighted by atomic mass is 16.6. The number of aryl methyl sites for hydroxylation is 1. The first-order valence-corrected chi connectivity index (χ1v) is 10.3. The van der Waals surface area contributed by atoms with Gasteiger partial charge in [-0.25, -0.2) is 0 Å². The molecule has 1 aliphatic heterocycles. The molecule has 0 bridgehead atoms. The first-order chi connectivity index (χ1) is 15.6. The van der Waals surface area contributed by atoms with Crippen LogP contribution in [-0.2, 0) is 11.3 Å². The van der Waals surface area contributed by atoms with Crippen molar-refractivity contribution in [2.24, 2.45) is 0 Å². The van der Waals surface area contributed by atoms with E-state index in [0.717, 1.165) is 5.56 Å². The molecule has 1 aromatic heterocycles. The van der Waals surface area contributed by atoms with Crippen LogP contribution in [0.15, 0.2) is 42.5 Å². The zero-order chi connectivity index (χ0) is 23.7. The molecule has 0 spiro atoms. The van der Waals surface area contributed by atoms with Crippen molar-refractivity contribution in [3.05, 3.63) is 86.2 Å². The lowest BCUT2D eigenvalue weighted by molar-refractivity contribution is -0.385. The van der Waals surface area contributed by atoms with Crippen molar-refractivity contribution in [2.75, 3.05) is 0 Å². The Labute approximate surface area is 187 Å². The van der Waals surface area contributed by atoms with Crippen molar-refractivity contribution in [1.82, 2.24) is 15.5 Å². The second-order valence-corrected chi connectivity index (χ2v) is 8.58. The van der Waals surface area contributed by atoms with E-state index in [9.17, 15) is 24.8 Å². The van der Waals surface area contributed by atoms with Gasteiger partial charge < -0.3 is 15.2 Å². The normalized spacial score (nSPS) is 22.5. The van der Waals surface area contributed by atoms with Gasteiger partial charge in [0.1, 0.15) is 17.0 Å². The quantitative estimate of drug-likeness (QED) is 0.411. The SMILES string of the molecule is Cc1cc(C(=O)NC23C(=O)c4c([N+](=O)[O-])cccc4C2(O)Oc2cc(C(C)C)ccc23)n[nH]1. The summed E-state index contributed by atoms with van der Waals surface area (Å²) in [5.41, 5.74) is -1.27. The number of amides is 1. The van der Waals surface area contributed by atoms with Crippen molar-refractivity contribution in [2.45, 2.75) is 38.0 Å². The van der Waals surface area contributed by atoms with Gasteiger partial charge in [0, 0.05) is 22.9 Å². The van der Waals surface area contributed by atoms with E-state index in [1.165, 1.54) is 24.3 Å². The molecule has 10 nitrogen and oxygen atoms in total. The van der Waals surface area contributed by atoms with E-state index in [4.69, 9.17) is 4.74 Å². The lowest BCUT2D eigenvalue weighted by Gasteiger charge is -2.34. The molecule has 3 aromatic rings. The summed E-state index contributed by atoms with van der Waals surface area (Å²) in [7, 11) is 0. The van der Waals surface area contributed by atoms with Gasteiger partial charge in [0.15, 0.2) is 0 Å². The molecule has 10 heteroatoms. The number of aromatic amines is 1. The van der Waals surface area contributed by atoms with Crippen molar-refractivity contribution in [1.29, 1.82) is 0 Å². The zero-order valence-corrected chi connectivity index (χ0v) is 18.0. The predicted molar refractivity (Wildman–Crippen MR) is 115 cm³/mol. The van der Waals surface area contributed by atoms with Gasteiger partial charge in [0.05, 0.1) is 4.92 Å². The lowest BCUT2D eigenvalue weighted by Crippen LogP contribution is -2.60. The molecule has 2 atom stereocenters. The molecule has 33 heavy (non-hydrogen) atoms. The van der Waals surface area contributed by atoms with Crippen molar-refractivity contribution in [3.63, 3.8) is 0 Å². The first kappa shape index (κ1) is 20.8. The molecule has 2 heterocycles. The summed E-state index contributed by atoms with van der Waals surface area (Å²) < 4.78 is 5.96. The van der Waals surface area contributed by atoms with Crippen molar-refractivity contribution < 1.29 is 24.4 Å². The molecule has 2 unspecified atom stereocenters. The van der Waals surface area contributed by atoms with Crippen LogP contribution in [0.5, 0.6) is 5.75 Å². The molecule has 1 amide bonds. The fourth-order valence-electron chi connectivity index (χ4n) is 4.62. The third-order valence-corrected chi connectivity index (χ3v) is 6.25. The second-order valence-electron chi connectivity index (χ2n) is 8.58. The molecule has 0 fully saturated rings. The number of ether oxygens (including phenoxy) is 1. The smallest absolute Gasteiger partial charge is 0.280 e. The summed E-state index contributed by atoms with van der Waals surface area (Å²) in [4.78, 5) is 38.0. The molecule has 2 aliphatic rings. The van der Waals surface area contributed by atoms with Gasteiger partial charge in [-0.3, -0.25) is 24.8 Å². The average Bonchev–Trinajstić information content (AvgIpc) is 3.37. The van der Waals surface area contributed by atoms with E-state index < -0.39 is 33.6 Å². The van der Waals surface area contributed by atoms with Crippen LogP contribution in [0.3, 0.4) is 0 Å². The molecule has 0 saturated heterocycles. The minimum Gasteiger partial charge on any atom is -0.454 e. The van der Waals surface area contributed by atoms with E-state index in [2.05, 4.69) is 15.5 Å². The van der Waals surface area contributed by atoms with Gasteiger partial charge >= 0.3 is 0 Å². The molecule has 2 aromatic carbocycles. The highest BCUT2D eigenvalue weighted by Gasteiger charge is 2.73. The Morgan fingerprint density at radius 2 is 2.00 bits per heavy atom. The van der Waals surface area contributed by atoms with E-state index in [0.29, 0.717) is 5.69 Å². The summed E-state index contributed by atoms with van der Waals surface area (Å²) >= 11 is 0. The Bertz CT molecular complexity index is 1360. The van der Waals surface area contributed by atoms with Gasteiger partial charge in [0.25, 0.3) is 17.4 Å². The van der Waals surface area contributed by atoms with Crippen molar-refractivity contribution in [3.8, 4) is 5.75 Å². The van der Waals surface area contributed by atoms with E-state index >= 15 is 0 Å². The second kappa shape index (κ2) is 6.72. The summed E-state index contributed by atoms with van der Waals surface area (Å²) in [5.74, 6) is -3.61. The number of benzene rings is 2. The van der Waals surface area contributed by atoms with Crippen LogP contribution in [0.25, 0.3) is 0 Å². The molecule has 3 N–H and O–H groups in total. The van der Waals surface area contributed by atoms with Gasteiger partial charge in [-0.05, 0) is 30.5 Å². The number of carbonyl (C=O) groups excluding carboxylic acids is 2. The van der Waals surface area contributed by atoms with Crippen LogP contribution in [0.2, 0.25) is 0 Å². The average molecular weight is 448 g/mol. The summed E-state index contributed by atoms with van der Waals surface area (Å²) in [6.45, 7) is 5.67. The maximum Gasteiger partial charge on any atom is 0.280 e. The van der Waals surface area contributed by atoms with E-state index in [1.807, 2.05) is 13.8 Å². The fraction of sp³-hybridized carbons (Fsp3) is 0.261. The molecular formula is C23H20N4O6. The fourth-order valence-corrected chi connectivity index (χ4v) is 4.62. The monoisotopic (exact) mass is 448 g/mol. The van der Waals surface area contributed by atoms with Crippen LogP contribution < -0.4 is 10.1 Å². The Morgan fingerprint density at radius 3 is 2.64 bits per heavy atom.